The van der Waals surface area contributed by atoms with Gasteiger partial charge in [0.15, 0.2) is 10.9 Å². The van der Waals surface area contributed by atoms with E-state index in [1.165, 1.54) is 0 Å². The summed E-state index contributed by atoms with van der Waals surface area (Å²) in [5.41, 5.74) is 0.539. The highest BCUT2D eigenvalue weighted by molar-refractivity contribution is 6.31. The highest BCUT2D eigenvalue weighted by Crippen LogP contribution is 2.37. The van der Waals surface area contributed by atoms with E-state index >= 15 is 0 Å². The first-order valence-corrected chi connectivity index (χ1v) is 10.1. The average molecular weight is 450 g/mol. The third-order valence-corrected chi connectivity index (χ3v) is 4.16. The van der Waals surface area contributed by atoms with Gasteiger partial charge in [-0.25, -0.2) is 14.6 Å². The van der Waals surface area contributed by atoms with Crippen LogP contribution in [0.15, 0.2) is 18.2 Å². The Labute approximate surface area is 187 Å². The number of benzene rings is 1. The molecule has 1 aromatic heterocycles. The number of carbonyl (C=O) groups is 2. The van der Waals surface area contributed by atoms with Crippen LogP contribution in [-0.2, 0) is 9.47 Å². The number of amides is 2. The van der Waals surface area contributed by atoms with Gasteiger partial charge < -0.3 is 14.6 Å². The van der Waals surface area contributed by atoms with Crippen molar-refractivity contribution in [3.05, 3.63) is 34.5 Å². The Hall–Kier alpha value is -2.87. The Bertz CT molecular complexity index is 961. The minimum absolute atomic E-state index is 0.0858. The molecule has 2 rings (SSSR count). The van der Waals surface area contributed by atoms with Gasteiger partial charge in [-0.15, -0.1) is 4.90 Å². The van der Waals surface area contributed by atoms with E-state index in [1.807, 2.05) is 32.0 Å². The summed E-state index contributed by atoms with van der Waals surface area (Å²) in [4.78, 5) is 34.6. The van der Waals surface area contributed by atoms with Gasteiger partial charge >= 0.3 is 12.2 Å². The maximum Gasteiger partial charge on any atom is 0.427 e. The normalized spacial score (nSPS) is 11.8. The molecule has 2 aromatic rings. The van der Waals surface area contributed by atoms with Crippen LogP contribution in [0, 0.1) is 13.8 Å². The molecule has 0 aliphatic rings. The standard InChI is InChI=1S/C22H28ClN3O5/c1-12-10-9-11-13(2)14(12)15-16(27)17(23)25-18(24-15)26(19(28)30-21(3,4)5)20(29)31-22(6,7)8/h9-11,27H,1-8H3. The molecule has 0 saturated carbocycles. The van der Waals surface area contributed by atoms with Gasteiger partial charge in [-0.05, 0) is 66.5 Å². The second-order valence-corrected chi connectivity index (χ2v) is 9.43. The number of imide groups is 1. The lowest BCUT2D eigenvalue weighted by Crippen LogP contribution is -2.44. The smallest absolute Gasteiger partial charge is 0.427 e. The number of hydrogen-bond acceptors (Lipinski definition) is 7. The molecular weight excluding hydrogens is 422 g/mol. The first-order valence-electron chi connectivity index (χ1n) is 9.70. The van der Waals surface area contributed by atoms with Crippen molar-refractivity contribution < 1.29 is 24.2 Å². The SMILES string of the molecule is Cc1cccc(C)c1-c1nc(N(C(=O)OC(C)(C)C)C(=O)OC(C)(C)C)nc(Cl)c1O. The van der Waals surface area contributed by atoms with Crippen LogP contribution in [0.4, 0.5) is 15.5 Å². The fourth-order valence-corrected chi connectivity index (χ4v) is 2.90. The van der Waals surface area contributed by atoms with Crippen LogP contribution in [0.2, 0.25) is 5.15 Å². The highest BCUT2D eigenvalue weighted by atomic mass is 35.5. The third kappa shape index (κ3) is 6.07. The van der Waals surface area contributed by atoms with Gasteiger partial charge in [-0.3, -0.25) is 0 Å². The van der Waals surface area contributed by atoms with Crippen molar-refractivity contribution in [3.8, 4) is 17.0 Å². The van der Waals surface area contributed by atoms with Crippen molar-refractivity contribution in [1.82, 2.24) is 9.97 Å². The molecule has 1 heterocycles. The maximum absolute atomic E-state index is 12.9. The summed E-state index contributed by atoms with van der Waals surface area (Å²) in [6.45, 7) is 13.6. The second kappa shape index (κ2) is 8.70. The molecule has 0 aliphatic carbocycles. The molecule has 2 amide bonds. The number of anilines is 1. The minimum Gasteiger partial charge on any atom is -0.503 e. The molecule has 0 atom stereocenters. The molecule has 0 aliphatic heterocycles. The first-order chi connectivity index (χ1) is 14.1. The van der Waals surface area contributed by atoms with Crippen LogP contribution in [0.25, 0.3) is 11.3 Å². The summed E-state index contributed by atoms with van der Waals surface area (Å²) in [5, 5.41) is 10.2. The first kappa shape index (κ1) is 24.4. The molecule has 0 spiro atoms. The quantitative estimate of drug-likeness (QED) is 0.578. The van der Waals surface area contributed by atoms with Crippen LogP contribution in [0.3, 0.4) is 0 Å². The van der Waals surface area contributed by atoms with E-state index in [0.29, 0.717) is 10.5 Å². The lowest BCUT2D eigenvalue weighted by atomic mass is 9.99. The fraction of sp³-hybridized carbons (Fsp3) is 0.455. The zero-order valence-electron chi connectivity index (χ0n) is 19.0. The van der Waals surface area contributed by atoms with Crippen molar-refractivity contribution in [2.75, 3.05) is 4.90 Å². The highest BCUT2D eigenvalue weighted by Gasteiger charge is 2.36. The van der Waals surface area contributed by atoms with Gasteiger partial charge in [0.25, 0.3) is 0 Å². The van der Waals surface area contributed by atoms with Crippen molar-refractivity contribution in [3.63, 3.8) is 0 Å². The van der Waals surface area contributed by atoms with Gasteiger partial charge in [0.2, 0.25) is 5.95 Å². The van der Waals surface area contributed by atoms with Crippen molar-refractivity contribution >= 4 is 29.7 Å². The molecule has 0 bridgehead atoms. The maximum atomic E-state index is 12.9. The summed E-state index contributed by atoms with van der Waals surface area (Å²) in [6.07, 6.45) is -2.06. The molecule has 0 fully saturated rings. The number of aromatic nitrogens is 2. The molecular formula is C22H28ClN3O5. The van der Waals surface area contributed by atoms with E-state index in [-0.39, 0.29) is 22.5 Å². The zero-order valence-corrected chi connectivity index (χ0v) is 19.8. The molecule has 0 saturated heterocycles. The minimum atomic E-state index is -1.03. The molecule has 8 nitrogen and oxygen atoms in total. The van der Waals surface area contributed by atoms with Crippen LogP contribution < -0.4 is 4.90 Å². The van der Waals surface area contributed by atoms with Crippen LogP contribution in [-0.4, -0.2) is 38.5 Å². The van der Waals surface area contributed by atoms with Gasteiger partial charge in [0.05, 0.1) is 0 Å². The summed E-state index contributed by atoms with van der Waals surface area (Å²) >= 11 is 6.16. The third-order valence-electron chi connectivity index (χ3n) is 3.90. The monoisotopic (exact) mass is 449 g/mol. The van der Waals surface area contributed by atoms with E-state index in [0.717, 1.165) is 11.1 Å². The molecule has 1 aromatic carbocycles. The van der Waals surface area contributed by atoms with Crippen LogP contribution in [0.5, 0.6) is 5.75 Å². The van der Waals surface area contributed by atoms with Crippen LogP contribution in [0.1, 0.15) is 52.7 Å². The predicted octanol–water partition coefficient (Wildman–Crippen LogP) is 5.80. The summed E-state index contributed by atoms with van der Waals surface area (Å²) in [5.74, 6) is -0.736. The Morgan fingerprint density at radius 3 is 1.81 bits per heavy atom. The number of halogens is 1. The van der Waals surface area contributed by atoms with Gasteiger partial charge in [0, 0.05) is 5.56 Å². The Kier molecular flexibility index (Phi) is 6.85. The van der Waals surface area contributed by atoms with Crippen molar-refractivity contribution in [2.45, 2.75) is 66.6 Å². The van der Waals surface area contributed by atoms with Gasteiger partial charge in [0.1, 0.15) is 16.9 Å². The summed E-state index contributed by atoms with van der Waals surface area (Å²) < 4.78 is 10.7. The number of aryl methyl sites for hydroxylation is 2. The number of nitrogens with zero attached hydrogens (tertiary/aromatic N) is 3. The van der Waals surface area contributed by atoms with Gasteiger partial charge in [-0.2, -0.15) is 4.98 Å². The lowest BCUT2D eigenvalue weighted by molar-refractivity contribution is 0.0427. The number of aromatic hydroxyl groups is 1. The van der Waals surface area contributed by atoms with Crippen molar-refractivity contribution in [2.24, 2.45) is 0 Å². The Morgan fingerprint density at radius 2 is 1.39 bits per heavy atom. The van der Waals surface area contributed by atoms with E-state index < -0.39 is 23.4 Å². The van der Waals surface area contributed by atoms with E-state index in [1.54, 1.807) is 41.5 Å². The Balaban J connectivity index is 2.70. The molecule has 0 unspecified atom stereocenters. The molecule has 31 heavy (non-hydrogen) atoms. The number of hydrogen-bond donors (Lipinski definition) is 1. The molecule has 0 radical (unpaired) electrons. The molecule has 1 N–H and O–H groups in total. The molecule has 9 heteroatoms. The van der Waals surface area contributed by atoms with Gasteiger partial charge in [-0.1, -0.05) is 29.8 Å². The summed E-state index contributed by atoms with van der Waals surface area (Å²) in [6, 6.07) is 5.55. The zero-order chi connectivity index (χ0) is 23.7. The Morgan fingerprint density at radius 1 is 0.935 bits per heavy atom. The number of carbonyl (C=O) groups excluding carboxylic acids is 2. The topological polar surface area (TPSA) is 102 Å². The fourth-order valence-electron chi connectivity index (χ4n) is 2.73. The lowest BCUT2D eigenvalue weighted by Gasteiger charge is -2.27. The van der Waals surface area contributed by atoms with E-state index in [2.05, 4.69) is 9.97 Å². The summed E-state index contributed by atoms with van der Waals surface area (Å²) in [7, 11) is 0. The number of ether oxygens (including phenoxy) is 2. The van der Waals surface area contributed by atoms with E-state index in [9.17, 15) is 14.7 Å². The second-order valence-electron chi connectivity index (χ2n) is 9.07. The molecule has 168 valence electrons. The average Bonchev–Trinajstić information content (AvgIpc) is 2.55. The van der Waals surface area contributed by atoms with Crippen molar-refractivity contribution in [1.29, 1.82) is 0 Å². The van der Waals surface area contributed by atoms with Crippen LogP contribution >= 0.6 is 11.6 Å². The predicted molar refractivity (Wildman–Crippen MR) is 119 cm³/mol. The van der Waals surface area contributed by atoms with E-state index in [4.69, 9.17) is 21.1 Å². The number of rotatable bonds is 2. The largest absolute Gasteiger partial charge is 0.503 e.